The lowest BCUT2D eigenvalue weighted by Crippen LogP contribution is -2.12. The summed E-state index contributed by atoms with van der Waals surface area (Å²) in [6.45, 7) is -0.535. The van der Waals surface area contributed by atoms with Gasteiger partial charge in [-0.25, -0.2) is 27.2 Å². The second-order valence-corrected chi connectivity index (χ2v) is 6.80. The van der Waals surface area contributed by atoms with Crippen LogP contribution in [0.1, 0.15) is 21.9 Å². The normalized spacial score (nSPS) is 11.0. The van der Waals surface area contributed by atoms with Gasteiger partial charge >= 0.3 is 0 Å². The molecule has 2 heterocycles. The van der Waals surface area contributed by atoms with Crippen molar-refractivity contribution in [1.82, 2.24) is 14.8 Å². The Kier molecular flexibility index (Phi) is 6.25. The van der Waals surface area contributed by atoms with E-state index in [2.05, 4.69) is 20.1 Å². The van der Waals surface area contributed by atoms with Gasteiger partial charge in [-0.15, -0.1) is 5.10 Å². The number of aromatic nitrogens is 3. The van der Waals surface area contributed by atoms with Crippen LogP contribution in [-0.2, 0) is 13.2 Å². The van der Waals surface area contributed by atoms with E-state index in [0.29, 0.717) is 5.56 Å². The van der Waals surface area contributed by atoms with Crippen molar-refractivity contribution in [2.45, 2.75) is 13.2 Å². The van der Waals surface area contributed by atoms with E-state index in [-0.39, 0.29) is 24.0 Å². The first-order valence-electron chi connectivity index (χ1n) is 9.41. The largest absolute Gasteiger partial charge is 0.479 e. The molecule has 13 heteroatoms. The Morgan fingerprint density at radius 2 is 1.68 bits per heavy atom. The van der Waals surface area contributed by atoms with Crippen molar-refractivity contribution in [3.8, 4) is 5.75 Å². The number of furan rings is 1. The Balaban J connectivity index is 1.38. The molecule has 0 atom stereocenters. The number of carbonyl (C=O) groups excluding carboxylic acids is 1. The van der Waals surface area contributed by atoms with Gasteiger partial charge in [-0.05, 0) is 29.8 Å². The predicted octanol–water partition coefficient (Wildman–Crippen LogP) is 4.59. The summed E-state index contributed by atoms with van der Waals surface area (Å²) in [6, 6.07) is 8.23. The van der Waals surface area contributed by atoms with Crippen molar-refractivity contribution in [1.29, 1.82) is 0 Å². The molecular weight excluding hydrogens is 470 g/mol. The number of hydrogen-bond acceptors (Lipinski definition) is 5. The van der Waals surface area contributed by atoms with Gasteiger partial charge in [0.1, 0.15) is 24.5 Å². The Hall–Kier alpha value is -4.29. The highest BCUT2D eigenvalue weighted by Gasteiger charge is 2.27. The first-order chi connectivity index (χ1) is 16.2. The van der Waals surface area contributed by atoms with Crippen molar-refractivity contribution in [2.75, 3.05) is 5.32 Å². The zero-order chi connectivity index (χ0) is 24.4. The van der Waals surface area contributed by atoms with Crippen molar-refractivity contribution < 1.29 is 40.3 Å². The highest BCUT2D eigenvalue weighted by Crippen LogP contribution is 2.29. The third-order valence-electron chi connectivity index (χ3n) is 4.41. The molecule has 2 aromatic carbocycles. The Labute approximate surface area is 186 Å². The van der Waals surface area contributed by atoms with E-state index in [1.807, 2.05) is 0 Å². The smallest absolute Gasteiger partial charge is 0.293 e. The van der Waals surface area contributed by atoms with Crippen LogP contribution >= 0.6 is 0 Å². The molecule has 0 aliphatic rings. The second-order valence-electron chi connectivity index (χ2n) is 6.80. The maximum absolute atomic E-state index is 13.7. The SMILES string of the molecule is O=C(Nc1ncn(Cc2cccc(F)c2)n1)c1ccc(COc2c(F)c(F)c(F)c(F)c2F)o1. The molecule has 0 fully saturated rings. The van der Waals surface area contributed by atoms with Crippen LogP contribution in [0.4, 0.5) is 32.3 Å². The average Bonchev–Trinajstić information content (AvgIpc) is 3.46. The predicted molar refractivity (Wildman–Crippen MR) is 103 cm³/mol. The molecule has 7 nitrogen and oxygen atoms in total. The van der Waals surface area contributed by atoms with Crippen LogP contribution in [0.5, 0.6) is 5.75 Å². The van der Waals surface area contributed by atoms with Crippen LogP contribution in [0, 0.1) is 34.9 Å². The van der Waals surface area contributed by atoms with Gasteiger partial charge in [-0.2, -0.15) is 8.78 Å². The van der Waals surface area contributed by atoms with Crippen LogP contribution in [-0.4, -0.2) is 20.7 Å². The van der Waals surface area contributed by atoms with E-state index < -0.39 is 53.2 Å². The molecule has 176 valence electrons. The van der Waals surface area contributed by atoms with Crippen molar-refractivity contribution >= 4 is 11.9 Å². The average molecular weight is 482 g/mol. The summed E-state index contributed by atoms with van der Waals surface area (Å²) in [6.07, 6.45) is 1.31. The standard InChI is InChI=1S/C21H12F6N4O3/c22-11-3-1-2-10(6-11)7-31-9-28-21(30-31)29-20(32)13-5-4-12(34-13)8-33-19-17(26)15(24)14(23)16(25)18(19)27/h1-6,9H,7-8H2,(H,29,30,32). The molecule has 0 aliphatic heterocycles. The van der Waals surface area contributed by atoms with Crippen LogP contribution < -0.4 is 10.1 Å². The highest BCUT2D eigenvalue weighted by atomic mass is 19.2. The molecule has 0 spiro atoms. The summed E-state index contributed by atoms with van der Waals surface area (Å²) in [5, 5.41) is 6.38. The van der Waals surface area contributed by atoms with Gasteiger partial charge in [-0.1, -0.05) is 12.1 Å². The number of hydrogen-bond donors (Lipinski definition) is 1. The molecule has 1 amide bonds. The molecule has 0 bridgehead atoms. The minimum Gasteiger partial charge on any atom is -0.479 e. The fourth-order valence-corrected chi connectivity index (χ4v) is 2.85. The number of nitrogens with zero attached hydrogens (tertiary/aromatic N) is 3. The van der Waals surface area contributed by atoms with E-state index in [1.54, 1.807) is 6.07 Å². The molecule has 0 saturated heterocycles. The number of carbonyl (C=O) groups is 1. The van der Waals surface area contributed by atoms with E-state index in [0.717, 1.165) is 0 Å². The van der Waals surface area contributed by atoms with Gasteiger partial charge in [0.25, 0.3) is 5.91 Å². The summed E-state index contributed by atoms with van der Waals surface area (Å²) < 4.78 is 91.4. The third-order valence-corrected chi connectivity index (χ3v) is 4.41. The Morgan fingerprint density at radius 1 is 0.971 bits per heavy atom. The van der Waals surface area contributed by atoms with Crippen LogP contribution in [0.3, 0.4) is 0 Å². The van der Waals surface area contributed by atoms with E-state index >= 15 is 0 Å². The van der Waals surface area contributed by atoms with Crippen LogP contribution in [0.2, 0.25) is 0 Å². The van der Waals surface area contributed by atoms with E-state index in [4.69, 9.17) is 4.42 Å². The number of halogens is 6. The zero-order valence-corrected chi connectivity index (χ0v) is 16.8. The number of ether oxygens (including phenoxy) is 1. The zero-order valence-electron chi connectivity index (χ0n) is 16.8. The van der Waals surface area contributed by atoms with Crippen molar-refractivity contribution in [3.05, 3.63) is 94.7 Å². The Morgan fingerprint density at radius 3 is 2.38 bits per heavy atom. The van der Waals surface area contributed by atoms with Crippen molar-refractivity contribution in [3.63, 3.8) is 0 Å². The lowest BCUT2D eigenvalue weighted by atomic mass is 10.2. The molecule has 0 saturated carbocycles. The lowest BCUT2D eigenvalue weighted by Gasteiger charge is -2.09. The molecule has 0 radical (unpaired) electrons. The van der Waals surface area contributed by atoms with E-state index in [1.165, 1.54) is 41.3 Å². The number of anilines is 1. The third kappa shape index (κ3) is 4.72. The number of amides is 1. The molecule has 2 aromatic heterocycles. The summed E-state index contributed by atoms with van der Waals surface area (Å²) in [4.78, 5) is 16.2. The summed E-state index contributed by atoms with van der Waals surface area (Å²) in [7, 11) is 0. The first-order valence-corrected chi connectivity index (χ1v) is 9.41. The maximum atomic E-state index is 13.7. The quantitative estimate of drug-likeness (QED) is 0.237. The van der Waals surface area contributed by atoms with E-state index in [9.17, 15) is 31.1 Å². The maximum Gasteiger partial charge on any atom is 0.293 e. The lowest BCUT2D eigenvalue weighted by molar-refractivity contribution is 0.0991. The van der Waals surface area contributed by atoms with Gasteiger partial charge < -0.3 is 9.15 Å². The Bertz CT molecular complexity index is 1340. The van der Waals surface area contributed by atoms with Crippen molar-refractivity contribution in [2.24, 2.45) is 0 Å². The molecule has 4 aromatic rings. The van der Waals surface area contributed by atoms with Gasteiger partial charge in [0, 0.05) is 0 Å². The molecule has 34 heavy (non-hydrogen) atoms. The molecule has 0 unspecified atom stereocenters. The fraction of sp³-hybridized carbons (Fsp3) is 0.0952. The minimum atomic E-state index is -2.31. The van der Waals surface area contributed by atoms with Gasteiger partial charge in [-0.3, -0.25) is 10.1 Å². The number of nitrogens with one attached hydrogen (secondary N) is 1. The van der Waals surface area contributed by atoms with Crippen LogP contribution in [0.25, 0.3) is 0 Å². The second kappa shape index (κ2) is 9.29. The molecule has 4 rings (SSSR count). The molecule has 0 aliphatic carbocycles. The first kappa shape index (κ1) is 22.9. The monoisotopic (exact) mass is 482 g/mol. The van der Waals surface area contributed by atoms with Gasteiger partial charge in [0.05, 0.1) is 6.54 Å². The number of rotatable bonds is 7. The molecular formula is C21H12F6N4O3. The summed E-state index contributed by atoms with van der Waals surface area (Å²) in [5.41, 5.74) is 0.618. The molecule has 1 N–H and O–H groups in total. The topological polar surface area (TPSA) is 82.2 Å². The summed E-state index contributed by atoms with van der Waals surface area (Å²) >= 11 is 0. The van der Waals surface area contributed by atoms with Gasteiger partial charge in [0.15, 0.2) is 11.5 Å². The minimum absolute atomic E-state index is 0.0861. The highest BCUT2D eigenvalue weighted by molar-refractivity contribution is 6.01. The van der Waals surface area contributed by atoms with Crippen LogP contribution in [0.15, 0.2) is 47.1 Å². The fourth-order valence-electron chi connectivity index (χ4n) is 2.85. The summed E-state index contributed by atoms with van der Waals surface area (Å²) in [5.74, 6) is -14.1. The number of benzene rings is 2. The van der Waals surface area contributed by atoms with Gasteiger partial charge in [0.2, 0.25) is 35.0 Å².